The summed E-state index contributed by atoms with van der Waals surface area (Å²) in [5.41, 5.74) is 0. The molecule has 1 aliphatic rings. The predicted molar refractivity (Wildman–Crippen MR) is 44.5 cm³/mol. The number of unbranched alkanes of at least 4 members (excludes halogenated alkanes) is 1. The zero-order chi connectivity index (χ0) is 7.23. The molecule has 56 valence electrons. The molecular formula is C9H15N. The van der Waals surface area contributed by atoms with E-state index in [0.29, 0.717) is 0 Å². The summed E-state index contributed by atoms with van der Waals surface area (Å²) in [6.45, 7) is 3.39. The van der Waals surface area contributed by atoms with Crippen LogP contribution in [0.4, 0.5) is 0 Å². The zero-order valence-corrected chi connectivity index (χ0v) is 6.59. The van der Waals surface area contributed by atoms with Crippen LogP contribution in [0.15, 0.2) is 24.6 Å². The summed E-state index contributed by atoms with van der Waals surface area (Å²) < 4.78 is 0. The van der Waals surface area contributed by atoms with E-state index in [-0.39, 0.29) is 0 Å². The molecule has 1 nitrogen and oxygen atoms in total. The minimum Gasteiger partial charge on any atom is -0.355 e. The van der Waals surface area contributed by atoms with E-state index in [2.05, 4.69) is 36.4 Å². The van der Waals surface area contributed by atoms with Gasteiger partial charge in [0.2, 0.25) is 0 Å². The van der Waals surface area contributed by atoms with Crippen molar-refractivity contribution >= 4 is 0 Å². The molecule has 0 N–H and O–H groups in total. The van der Waals surface area contributed by atoms with Crippen molar-refractivity contribution in [2.24, 2.45) is 0 Å². The van der Waals surface area contributed by atoms with Crippen LogP contribution in [0.25, 0.3) is 0 Å². The number of allylic oxidation sites excluding steroid dienone is 2. The first-order valence-corrected chi connectivity index (χ1v) is 4.02. The summed E-state index contributed by atoms with van der Waals surface area (Å²) in [6.07, 6.45) is 12.4. The highest BCUT2D eigenvalue weighted by molar-refractivity contribution is 5.01. The molecule has 1 heterocycles. The minimum absolute atomic E-state index is 1.10. The fraction of sp³-hybridized carbons (Fsp3) is 0.556. The maximum absolute atomic E-state index is 2.24. The second kappa shape index (κ2) is 4.15. The summed E-state index contributed by atoms with van der Waals surface area (Å²) >= 11 is 0. The van der Waals surface area contributed by atoms with Gasteiger partial charge < -0.3 is 4.90 Å². The smallest absolute Gasteiger partial charge is 0.0219 e. The molecule has 0 aromatic carbocycles. The summed E-state index contributed by atoms with van der Waals surface area (Å²) in [5.74, 6) is 0. The van der Waals surface area contributed by atoms with E-state index in [1.54, 1.807) is 0 Å². The highest BCUT2D eigenvalue weighted by Crippen LogP contribution is 2.03. The van der Waals surface area contributed by atoms with Gasteiger partial charge in [0.25, 0.3) is 0 Å². The molecular weight excluding hydrogens is 122 g/mol. The highest BCUT2D eigenvalue weighted by atomic mass is 15.1. The molecule has 0 spiro atoms. The second-order valence-corrected chi connectivity index (χ2v) is 2.60. The van der Waals surface area contributed by atoms with Crippen molar-refractivity contribution < 1.29 is 0 Å². The zero-order valence-electron chi connectivity index (χ0n) is 6.59. The molecule has 0 unspecified atom stereocenters. The van der Waals surface area contributed by atoms with Crippen molar-refractivity contribution in [2.45, 2.75) is 26.2 Å². The Morgan fingerprint density at radius 2 is 2.00 bits per heavy atom. The molecule has 0 aromatic heterocycles. The lowest BCUT2D eigenvalue weighted by atomic mass is 10.3. The van der Waals surface area contributed by atoms with E-state index < -0.39 is 0 Å². The lowest BCUT2D eigenvalue weighted by molar-refractivity contribution is 0.478. The fourth-order valence-corrected chi connectivity index (χ4v) is 1.01. The SMILES string of the molecule is CCCCN1C=CCC=C1. The van der Waals surface area contributed by atoms with Crippen molar-refractivity contribution in [1.29, 1.82) is 0 Å². The average molecular weight is 137 g/mol. The maximum Gasteiger partial charge on any atom is 0.0219 e. The lowest BCUT2D eigenvalue weighted by Gasteiger charge is -2.16. The van der Waals surface area contributed by atoms with E-state index in [1.165, 1.54) is 19.4 Å². The monoisotopic (exact) mass is 137 g/mol. The molecule has 0 amide bonds. The van der Waals surface area contributed by atoms with Crippen LogP contribution in [0.5, 0.6) is 0 Å². The molecule has 10 heavy (non-hydrogen) atoms. The predicted octanol–water partition coefficient (Wildman–Crippen LogP) is 2.52. The minimum atomic E-state index is 1.10. The van der Waals surface area contributed by atoms with Crippen LogP contribution in [-0.2, 0) is 0 Å². The third kappa shape index (κ3) is 2.26. The van der Waals surface area contributed by atoms with Crippen molar-refractivity contribution in [1.82, 2.24) is 4.90 Å². The molecule has 0 atom stereocenters. The number of hydrogen-bond acceptors (Lipinski definition) is 1. The molecule has 0 radical (unpaired) electrons. The Bertz CT molecular complexity index is 124. The quantitative estimate of drug-likeness (QED) is 0.577. The van der Waals surface area contributed by atoms with Crippen LogP contribution in [0, 0.1) is 0 Å². The Morgan fingerprint density at radius 1 is 1.30 bits per heavy atom. The topological polar surface area (TPSA) is 3.24 Å². The van der Waals surface area contributed by atoms with Gasteiger partial charge in [-0.2, -0.15) is 0 Å². The number of nitrogens with zero attached hydrogens (tertiary/aromatic N) is 1. The van der Waals surface area contributed by atoms with E-state index >= 15 is 0 Å². The lowest BCUT2D eigenvalue weighted by Crippen LogP contribution is -2.12. The van der Waals surface area contributed by atoms with Crippen LogP contribution in [0.1, 0.15) is 26.2 Å². The second-order valence-electron chi connectivity index (χ2n) is 2.60. The Balaban J connectivity index is 2.20. The molecule has 0 aliphatic carbocycles. The normalized spacial score (nSPS) is 16.3. The van der Waals surface area contributed by atoms with E-state index in [4.69, 9.17) is 0 Å². The van der Waals surface area contributed by atoms with Gasteiger partial charge in [0.1, 0.15) is 0 Å². The first-order valence-electron chi connectivity index (χ1n) is 4.02. The fourth-order valence-electron chi connectivity index (χ4n) is 1.01. The van der Waals surface area contributed by atoms with Crippen LogP contribution in [0.3, 0.4) is 0 Å². The molecule has 0 fully saturated rings. The molecule has 1 aliphatic heterocycles. The molecule has 1 rings (SSSR count). The standard InChI is InChI=1S/C9H15N/c1-2-3-7-10-8-5-4-6-9-10/h5-6,8-9H,2-4,7H2,1H3. The van der Waals surface area contributed by atoms with Crippen molar-refractivity contribution in [3.63, 3.8) is 0 Å². The van der Waals surface area contributed by atoms with Gasteiger partial charge in [0.15, 0.2) is 0 Å². The Morgan fingerprint density at radius 3 is 2.60 bits per heavy atom. The number of hydrogen-bond donors (Lipinski definition) is 0. The summed E-state index contributed by atoms with van der Waals surface area (Å²) in [6, 6.07) is 0. The molecule has 0 saturated heterocycles. The van der Waals surface area contributed by atoms with Gasteiger partial charge in [0, 0.05) is 6.54 Å². The van der Waals surface area contributed by atoms with Crippen LogP contribution in [0.2, 0.25) is 0 Å². The molecule has 0 saturated carbocycles. The van der Waals surface area contributed by atoms with Gasteiger partial charge in [0.05, 0.1) is 0 Å². The maximum atomic E-state index is 2.24. The van der Waals surface area contributed by atoms with Crippen LogP contribution >= 0.6 is 0 Å². The Kier molecular flexibility index (Phi) is 3.07. The van der Waals surface area contributed by atoms with Crippen LogP contribution < -0.4 is 0 Å². The summed E-state index contributed by atoms with van der Waals surface area (Å²) in [5, 5.41) is 0. The van der Waals surface area contributed by atoms with E-state index in [0.717, 1.165) is 6.42 Å². The largest absolute Gasteiger partial charge is 0.355 e. The van der Waals surface area contributed by atoms with Gasteiger partial charge in [-0.15, -0.1) is 0 Å². The highest BCUT2D eigenvalue weighted by Gasteiger charge is 1.94. The van der Waals surface area contributed by atoms with Crippen molar-refractivity contribution in [2.75, 3.05) is 6.54 Å². The summed E-state index contributed by atoms with van der Waals surface area (Å²) in [7, 11) is 0. The molecule has 1 heteroatoms. The molecule has 0 aromatic rings. The van der Waals surface area contributed by atoms with Crippen LogP contribution in [-0.4, -0.2) is 11.4 Å². The first kappa shape index (κ1) is 7.39. The Labute approximate surface area is 63.0 Å². The van der Waals surface area contributed by atoms with Gasteiger partial charge in [-0.1, -0.05) is 25.5 Å². The van der Waals surface area contributed by atoms with Crippen molar-refractivity contribution in [3.05, 3.63) is 24.6 Å². The molecule has 0 bridgehead atoms. The third-order valence-corrected chi connectivity index (χ3v) is 1.64. The van der Waals surface area contributed by atoms with E-state index in [9.17, 15) is 0 Å². The summed E-state index contributed by atoms with van der Waals surface area (Å²) in [4.78, 5) is 2.24. The average Bonchev–Trinajstić information content (AvgIpc) is 2.03. The number of rotatable bonds is 3. The van der Waals surface area contributed by atoms with Gasteiger partial charge in [-0.05, 0) is 25.2 Å². The van der Waals surface area contributed by atoms with Gasteiger partial charge in [-0.3, -0.25) is 0 Å². The third-order valence-electron chi connectivity index (χ3n) is 1.64. The van der Waals surface area contributed by atoms with Gasteiger partial charge >= 0.3 is 0 Å². The first-order chi connectivity index (χ1) is 4.93. The van der Waals surface area contributed by atoms with E-state index in [1.807, 2.05) is 0 Å². The Hall–Kier alpha value is -0.720. The van der Waals surface area contributed by atoms with Crippen molar-refractivity contribution in [3.8, 4) is 0 Å². The van der Waals surface area contributed by atoms with Gasteiger partial charge in [-0.25, -0.2) is 0 Å².